The molecule has 2 heterocycles. The minimum absolute atomic E-state index is 0.144. The number of carbonyl (C=O) groups is 1. The van der Waals surface area contributed by atoms with Crippen molar-refractivity contribution in [1.82, 2.24) is 14.9 Å². The van der Waals surface area contributed by atoms with E-state index in [1.165, 1.54) is 7.11 Å². The molecule has 0 N–H and O–H groups in total. The molecule has 6 heteroatoms. The van der Waals surface area contributed by atoms with Crippen LogP contribution in [0.3, 0.4) is 0 Å². The lowest BCUT2D eigenvalue weighted by molar-refractivity contribution is -0.145. The summed E-state index contributed by atoms with van der Waals surface area (Å²) in [6.07, 6.45) is 2.75. The van der Waals surface area contributed by atoms with Crippen LogP contribution in [-0.4, -0.2) is 41.0 Å². The molecule has 4 rings (SSSR count). The fourth-order valence-corrected chi connectivity index (χ4v) is 3.77. The van der Waals surface area contributed by atoms with E-state index in [-0.39, 0.29) is 11.9 Å². The standard InChI is InChI=1S/C25H27N3O3/c1-18(25(29)30-2)15-28-13-12-23-21(16-28)14-26-24(27-23)20-8-10-22(11-9-20)31-17-19-6-4-3-5-7-19/h3-11,14,18H,12-13,15-17H2,1-2H3. The molecule has 1 atom stereocenters. The number of esters is 1. The Hall–Kier alpha value is -3.25. The minimum atomic E-state index is -0.173. The molecule has 0 spiro atoms. The summed E-state index contributed by atoms with van der Waals surface area (Å²) in [6.45, 7) is 4.74. The smallest absolute Gasteiger partial charge is 0.309 e. The predicted molar refractivity (Wildman–Crippen MR) is 118 cm³/mol. The first-order valence-electron chi connectivity index (χ1n) is 10.5. The van der Waals surface area contributed by atoms with E-state index in [2.05, 4.69) is 9.88 Å². The summed E-state index contributed by atoms with van der Waals surface area (Å²) in [5.41, 5.74) is 4.31. The quantitative estimate of drug-likeness (QED) is 0.544. The summed E-state index contributed by atoms with van der Waals surface area (Å²) < 4.78 is 10.7. The Balaban J connectivity index is 1.38. The van der Waals surface area contributed by atoms with Crippen molar-refractivity contribution in [2.24, 2.45) is 5.92 Å². The Labute approximate surface area is 182 Å². The summed E-state index contributed by atoms with van der Waals surface area (Å²) in [4.78, 5) is 23.3. The second-order valence-corrected chi connectivity index (χ2v) is 7.87. The van der Waals surface area contributed by atoms with Gasteiger partial charge in [0.25, 0.3) is 0 Å². The largest absolute Gasteiger partial charge is 0.489 e. The molecule has 0 fully saturated rings. The van der Waals surface area contributed by atoms with Crippen molar-refractivity contribution in [3.05, 3.63) is 77.6 Å². The molecule has 0 radical (unpaired) electrons. The molecular formula is C25H27N3O3. The summed E-state index contributed by atoms with van der Waals surface area (Å²) in [5, 5.41) is 0. The van der Waals surface area contributed by atoms with E-state index in [1.54, 1.807) is 0 Å². The Morgan fingerprint density at radius 3 is 2.65 bits per heavy atom. The number of aromatic nitrogens is 2. The van der Waals surface area contributed by atoms with Crippen LogP contribution in [0.2, 0.25) is 0 Å². The number of hydrogen-bond donors (Lipinski definition) is 0. The fraction of sp³-hybridized carbons (Fsp3) is 0.320. The second kappa shape index (κ2) is 9.71. The normalized spacial score (nSPS) is 14.5. The summed E-state index contributed by atoms with van der Waals surface area (Å²) in [6, 6.07) is 18.0. The number of methoxy groups -OCH3 is 1. The highest BCUT2D eigenvalue weighted by atomic mass is 16.5. The number of hydrogen-bond acceptors (Lipinski definition) is 6. The maximum absolute atomic E-state index is 11.7. The first-order chi connectivity index (χ1) is 15.1. The van der Waals surface area contributed by atoms with E-state index < -0.39 is 0 Å². The average Bonchev–Trinajstić information content (AvgIpc) is 2.83. The Bertz CT molecular complexity index is 1020. The van der Waals surface area contributed by atoms with Crippen LogP contribution in [0.1, 0.15) is 23.7 Å². The Morgan fingerprint density at radius 2 is 1.90 bits per heavy atom. The molecule has 1 aromatic heterocycles. The number of rotatable bonds is 7. The van der Waals surface area contributed by atoms with Gasteiger partial charge in [-0.3, -0.25) is 9.69 Å². The molecular weight excluding hydrogens is 390 g/mol. The molecule has 0 bridgehead atoms. The molecule has 0 saturated heterocycles. The number of fused-ring (bicyclic) bond motifs is 1. The zero-order valence-electron chi connectivity index (χ0n) is 18.0. The second-order valence-electron chi connectivity index (χ2n) is 7.87. The highest BCUT2D eigenvalue weighted by Crippen LogP contribution is 2.24. The molecule has 0 amide bonds. The van der Waals surface area contributed by atoms with Crippen molar-refractivity contribution < 1.29 is 14.3 Å². The summed E-state index contributed by atoms with van der Waals surface area (Å²) >= 11 is 0. The lowest BCUT2D eigenvalue weighted by atomic mass is 10.0. The van der Waals surface area contributed by atoms with E-state index in [0.717, 1.165) is 53.5 Å². The molecule has 0 aliphatic carbocycles. The van der Waals surface area contributed by atoms with Crippen LogP contribution in [0, 0.1) is 5.92 Å². The maximum Gasteiger partial charge on any atom is 0.309 e. The van der Waals surface area contributed by atoms with Gasteiger partial charge >= 0.3 is 5.97 Å². The first kappa shape index (κ1) is 21.0. The molecule has 160 valence electrons. The molecule has 0 saturated carbocycles. The van der Waals surface area contributed by atoms with Crippen molar-refractivity contribution in [1.29, 1.82) is 0 Å². The maximum atomic E-state index is 11.7. The lowest BCUT2D eigenvalue weighted by Gasteiger charge is -2.29. The third-order valence-electron chi connectivity index (χ3n) is 5.51. The Kier molecular flexibility index (Phi) is 6.57. The van der Waals surface area contributed by atoms with E-state index in [4.69, 9.17) is 14.5 Å². The first-order valence-corrected chi connectivity index (χ1v) is 10.5. The number of ether oxygens (including phenoxy) is 2. The monoisotopic (exact) mass is 417 g/mol. The van der Waals surface area contributed by atoms with Crippen molar-refractivity contribution in [3.63, 3.8) is 0 Å². The van der Waals surface area contributed by atoms with E-state index in [9.17, 15) is 4.79 Å². The third-order valence-corrected chi connectivity index (χ3v) is 5.51. The number of nitrogens with zero attached hydrogens (tertiary/aromatic N) is 3. The van der Waals surface area contributed by atoms with Gasteiger partial charge < -0.3 is 9.47 Å². The molecule has 1 aliphatic rings. The van der Waals surface area contributed by atoms with Gasteiger partial charge in [0.15, 0.2) is 5.82 Å². The lowest BCUT2D eigenvalue weighted by Crippen LogP contribution is -2.36. The van der Waals surface area contributed by atoms with Crippen LogP contribution >= 0.6 is 0 Å². The summed E-state index contributed by atoms with van der Waals surface area (Å²) in [7, 11) is 1.43. The van der Waals surface area contributed by atoms with Gasteiger partial charge in [0.05, 0.1) is 18.7 Å². The van der Waals surface area contributed by atoms with Gasteiger partial charge in [0.1, 0.15) is 12.4 Å². The van der Waals surface area contributed by atoms with E-state index in [1.807, 2.05) is 67.7 Å². The van der Waals surface area contributed by atoms with E-state index in [0.29, 0.717) is 13.2 Å². The van der Waals surface area contributed by atoms with Crippen LogP contribution in [0.4, 0.5) is 0 Å². The predicted octanol–water partition coefficient (Wildman–Crippen LogP) is 3.89. The molecule has 3 aromatic rings. The number of carbonyl (C=O) groups excluding carboxylic acids is 1. The molecule has 31 heavy (non-hydrogen) atoms. The number of benzene rings is 2. The average molecular weight is 418 g/mol. The van der Waals surface area contributed by atoms with Gasteiger partial charge in [-0.15, -0.1) is 0 Å². The van der Waals surface area contributed by atoms with Crippen LogP contribution in [0.5, 0.6) is 5.75 Å². The highest BCUT2D eigenvalue weighted by molar-refractivity contribution is 5.72. The van der Waals surface area contributed by atoms with Crippen molar-refractivity contribution >= 4 is 5.97 Å². The highest BCUT2D eigenvalue weighted by Gasteiger charge is 2.23. The van der Waals surface area contributed by atoms with Crippen molar-refractivity contribution in [3.8, 4) is 17.1 Å². The van der Waals surface area contributed by atoms with Gasteiger partial charge in [-0.25, -0.2) is 9.97 Å². The molecule has 2 aromatic carbocycles. The van der Waals surface area contributed by atoms with E-state index >= 15 is 0 Å². The van der Waals surface area contributed by atoms with Gasteiger partial charge in [0.2, 0.25) is 0 Å². The van der Waals surface area contributed by atoms with Gasteiger partial charge in [-0.05, 0) is 29.8 Å². The van der Waals surface area contributed by atoms with Gasteiger partial charge in [-0.1, -0.05) is 37.3 Å². The van der Waals surface area contributed by atoms with Crippen LogP contribution in [0.15, 0.2) is 60.8 Å². The fourth-order valence-electron chi connectivity index (χ4n) is 3.77. The van der Waals surface area contributed by atoms with Crippen molar-refractivity contribution in [2.45, 2.75) is 26.5 Å². The molecule has 6 nitrogen and oxygen atoms in total. The van der Waals surface area contributed by atoms with Crippen LogP contribution < -0.4 is 4.74 Å². The third kappa shape index (κ3) is 5.27. The summed E-state index contributed by atoms with van der Waals surface area (Å²) in [5.74, 6) is 1.23. The Morgan fingerprint density at radius 1 is 1.13 bits per heavy atom. The minimum Gasteiger partial charge on any atom is -0.489 e. The van der Waals surface area contributed by atoms with Crippen LogP contribution in [-0.2, 0) is 29.1 Å². The van der Waals surface area contributed by atoms with Gasteiger partial charge in [-0.2, -0.15) is 0 Å². The zero-order valence-corrected chi connectivity index (χ0v) is 18.0. The van der Waals surface area contributed by atoms with Crippen molar-refractivity contribution in [2.75, 3.05) is 20.2 Å². The van der Waals surface area contributed by atoms with Gasteiger partial charge in [0, 0.05) is 43.4 Å². The molecule has 1 aliphatic heterocycles. The topological polar surface area (TPSA) is 64.5 Å². The SMILES string of the molecule is COC(=O)C(C)CN1CCc2nc(-c3ccc(OCc4ccccc4)cc3)ncc2C1. The van der Waals surface area contributed by atoms with Crippen LogP contribution in [0.25, 0.3) is 11.4 Å². The zero-order chi connectivity index (χ0) is 21.6. The molecule has 1 unspecified atom stereocenters.